The lowest BCUT2D eigenvalue weighted by atomic mass is 9.93. The number of sulfone groups is 1. The second kappa shape index (κ2) is 7.42. The first-order valence-corrected chi connectivity index (χ1v) is 12.7. The second-order valence-corrected chi connectivity index (χ2v) is 10.9. The molecule has 0 bridgehead atoms. The Labute approximate surface area is 183 Å². The van der Waals surface area contributed by atoms with Crippen molar-refractivity contribution in [3.8, 4) is 0 Å². The van der Waals surface area contributed by atoms with Gasteiger partial charge in [-0.2, -0.15) is 0 Å². The highest BCUT2D eigenvalue weighted by Crippen LogP contribution is 2.47. The zero-order chi connectivity index (χ0) is 21.8. The van der Waals surface area contributed by atoms with Crippen LogP contribution in [-0.2, 0) is 21.2 Å². The molecule has 1 aliphatic rings. The van der Waals surface area contributed by atoms with Crippen molar-refractivity contribution in [1.29, 1.82) is 0 Å². The Morgan fingerprint density at radius 2 is 2.13 bits per heavy atom. The Morgan fingerprint density at radius 1 is 1.32 bits per heavy atom. The third-order valence-corrected chi connectivity index (χ3v) is 7.95. The van der Waals surface area contributed by atoms with Crippen molar-refractivity contribution < 1.29 is 18.3 Å². The van der Waals surface area contributed by atoms with Gasteiger partial charge in [-0.1, -0.05) is 30.0 Å². The monoisotopic (exact) mass is 455 g/mol. The first-order chi connectivity index (χ1) is 14.8. The van der Waals surface area contributed by atoms with Crippen molar-refractivity contribution in [3.05, 3.63) is 48.3 Å². The summed E-state index contributed by atoms with van der Waals surface area (Å²) in [5, 5.41) is 12.0. The highest BCUT2D eigenvalue weighted by atomic mass is 32.2. The predicted molar refractivity (Wildman–Crippen MR) is 119 cm³/mol. The summed E-state index contributed by atoms with van der Waals surface area (Å²) in [5.74, 6) is -1.05. The maximum absolute atomic E-state index is 12.6. The van der Waals surface area contributed by atoms with E-state index in [1.165, 1.54) is 30.3 Å². The highest BCUT2D eigenvalue weighted by molar-refractivity contribution is 7.99. The highest BCUT2D eigenvalue weighted by Gasteiger charge is 2.32. The molecule has 0 radical (unpaired) electrons. The number of para-hydroxylation sites is 1. The van der Waals surface area contributed by atoms with E-state index >= 15 is 0 Å². The van der Waals surface area contributed by atoms with Gasteiger partial charge < -0.3 is 14.7 Å². The van der Waals surface area contributed by atoms with Gasteiger partial charge >= 0.3 is 5.97 Å². The lowest BCUT2D eigenvalue weighted by Gasteiger charge is -2.25. The van der Waals surface area contributed by atoms with Gasteiger partial charge in [0.1, 0.15) is 5.65 Å². The molecule has 0 fully saturated rings. The first kappa shape index (κ1) is 20.1. The van der Waals surface area contributed by atoms with E-state index in [2.05, 4.69) is 9.97 Å². The lowest BCUT2D eigenvalue weighted by molar-refractivity contribution is -0.137. The number of aromatic nitrogens is 3. The topological polar surface area (TPSA) is 105 Å². The molecule has 9 heteroatoms. The van der Waals surface area contributed by atoms with Gasteiger partial charge in [0, 0.05) is 46.4 Å². The molecule has 5 rings (SSSR count). The number of pyridine rings is 1. The molecule has 0 aliphatic carbocycles. The van der Waals surface area contributed by atoms with Crippen LogP contribution in [-0.4, -0.2) is 40.3 Å². The molecule has 2 N–H and O–H groups in total. The first-order valence-electron chi connectivity index (χ1n) is 10.0. The third-order valence-electron chi connectivity index (χ3n) is 5.76. The minimum absolute atomic E-state index is 0.00475. The molecule has 3 aromatic heterocycles. The quantitative estimate of drug-likeness (QED) is 0.461. The summed E-state index contributed by atoms with van der Waals surface area (Å²) < 4.78 is 27.3. The number of carbonyl (C=O) groups is 1. The number of rotatable bonds is 5. The summed E-state index contributed by atoms with van der Waals surface area (Å²) in [6.45, 7) is 0.690. The predicted octanol–water partition coefficient (Wildman–Crippen LogP) is 4.42. The largest absolute Gasteiger partial charge is 0.481 e. The van der Waals surface area contributed by atoms with Crippen LogP contribution in [0.5, 0.6) is 0 Å². The zero-order valence-electron chi connectivity index (χ0n) is 16.8. The van der Waals surface area contributed by atoms with Gasteiger partial charge in [-0.25, -0.2) is 13.4 Å². The molecule has 0 saturated carbocycles. The number of nitrogens with one attached hydrogen (secondary N) is 1. The van der Waals surface area contributed by atoms with Crippen molar-refractivity contribution >= 4 is 49.5 Å². The van der Waals surface area contributed by atoms with Crippen molar-refractivity contribution in [2.24, 2.45) is 0 Å². The molecule has 1 atom stereocenters. The Bertz CT molecular complexity index is 1400. The lowest BCUT2D eigenvalue weighted by Crippen LogP contribution is -2.18. The number of aryl methyl sites for hydroxylation is 1. The van der Waals surface area contributed by atoms with Gasteiger partial charge in [0.25, 0.3) is 0 Å². The Balaban J connectivity index is 1.78. The van der Waals surface area contributed by atoms with Crippen LogP contribution in [0.4, 0.5) is 0 Å². The van der Waals surface area contributed by atoms with Gasteiger partial charge in [-0.3, -0.25) is 4.79 Å². The smallest absolute Gasteiger partial charge is 0.304 e. The normalized spacial score (nSPS) is 16.6. The minimum atomic E-state index is -3.50. The van der Waals surface area contributed by atoms with Gasteiger partial charge in [-0.05, 0) is 31.0 Å². The molecule has 1 aliphatic heterocycles. The van der Waals surface area contributed by atoms with Crippen LogP contribution >= 0.6 is 11.8 Å². The molecule has 0 spiro atoms. The molecule has 7 nitrogen and oxygen atoms in total. The van der Waals surface area contributed by atoms with Crippen LogP contribution in [0.15, 0.2) is 57.4 Å². The SMILES string of the molecule is CS(=O)(=O)c1ccnc2c1c(Sc1cc3ccccc3[nH]1)c1n2CCCC1CC(=O)O. The standard InChI is InChI=1S/C22H21N3O4S2/c1-31(28,29)16-8-9-23-22-19(16)21(20-14(12-18(26)27)6-4-10-25(20)22)30-17-11-13-5-2-3-7-15(13)24-17/h2-3,5,7-9,11,14,24H,4,6,10,12H2,1H3,(H,26,27). The summed E-state index contributed by atoms with van der Waals surface area (Å²) in [6.07, 6.45) is 4.30. The second-order valence-electron chi connectivity index (χ2n) is 7.91. The fraction of sp³-hybridized carbons (Fsp3) is 0.273. The van der Waals surface area contributed by atoms with Crippen LogP contribution in [0.25, 0.3) is 21.9 Å². The van der Waals surface area contributed by atoms with E-state index in [4.69, 9.17) is 0 Å². The molecule has 1 aromatic carbocycles. The van der Waals surface area contributed by atoms with Crippen LogP contribution < -0.4 is 0 Å². The van der Waals surface area contributed by atoms with Gasteiger partial charge in [0.15, 0.2) is 9.84 Å². The van der Waals surface area contributed by atoms with E-state index in [-0.39, 0.29) is 17.2 Å². The summed E-state index contributed by atoms with van der Waals surface area (Å²) in [4.78, 5) is 20.5. The molecule has 160 valence electrons. The Hall–Kier alpha value is -2.78. The van der Waals surface area contributed by atoms with Crippen molar-refractivity contribution in [2.75, 3.05) is 6.26 Å². The van der Waals surface area contributed by atoms with E-state index in [9.17, 15) is 18.3 Å². The van der Waals surface area contributed by atoms with Crippen LogP contribution in [0.3, 0.4) is 0 Å². The summed E-state index contributed by atoms with van der Waals surface area (Å²) in [5.41, 5.74) is 2.47. The maximum Gasteiger partial charge on any atom is 0.304 e. The molecular weight excluding hydrogens is 434 g/mol. The number of aliphatic carboxylic acids is 1. The fourth-order valence-electron chi connectivity index (χ4n) is 4.51. The van der Waals surface area contributed by atoms with Crippen molar-refractivity contribution in [3.63, 3.8) is 0 Å². The molecule has 0 amide bonds. The number of carboxylic acids is 1. The average molecular weight is 456 g/mol. The van der Waals surface area contributed by atoms with Crippen LogP contribution in [0.2, 0.25) is 0 Å². The number of benzene rings is 1. The van der Waals surface area contributed by atoms with E-state index in [0.29, 0.717) is 17.6 Å². The van der Waals surface area contributed by atoms with E-state index in [1.54, 1.807) is 0 Å². The van der Waals surface area contributed by atoms with E-state index < -0.39 is 15.8 Å². The number of hydrogen-bond donors (Lipinski definition) is 2. The average Bonchev–Trinajstić information content (AvgIpc) is 3.26. The van der Waals surface area contributed by atoms with Gasteiger partial charge in [-0.15, -0.1) is 0 Å². The van der Waals surface area contributed by atoms with Gasteiger partial charge in [0.05, 0.1) is 21.7 Å². The molecule has 4 heterocycles. The number of nitrogens with zero attached hydrogens (tertiary/aromatic N) is 2. The fourth-order valence-corrected chi connectivity index (χ4v) is 6.70. The molecule has 0 saturated heterocycles. The number of fused-ring (bicyclic) bond motifs is 4. The Morgan fingerprint density at radius 3 is 2.87 bits per heavy atom. The zero-order valence-corrected chi connectivity index (χ0v) is 18.5. The molecular formula is C22H21N3O4S2. The maximum atomic E-state index is 12.6. The molecule has 1 unspecified atom stereocenters. The number of carboxylic acid groups (broad SMARTS) is 1. The summed E-state index contributed by atoms with van der Waals surface area (Å²) in [7, 11) is -3.50. The number of aromatic amines is 1. The minimum Gasteiger partial charge on any atom is -0.481 e. The number of H-pyrrole nitrogens is 1. The van der Waals surface area contributed by atoms with E-state index in [0.717, 1.165) is 39.4 Å². The van der Waals surface area contributed by atoms with Crippen LogP contribution in [0.1, 0.15) is 30.9 Å². The summed E-state index contributed by atoms with van der Waals surface area (Å²) >= 11 is 1.45. The van der Waals surface area contributed by atoms with Crippen molar-refractivity contribution in [2.45, 2.75) is 46.5 Å². The third kappa shape index (κ3) is 3.51. The molecule has 4 aromatic rings. The van der Waals surface area contributed by atoms with Crippen molar-refractivity contribution in [1.82, 2.24) is 14.5 Å². The number of hydrogen-bond acceptors (Lipinski definition) is 5. The van der Waals surface area contributed by atoms with E-state index in [1.807, 2.05) is 34.9 Å². The summed E-state index contributed by atoms with van der Waals surface area (Å²) in [6, 6.07) is 11.5. The Kier molecular flexibility index (Phi) is 4.82. The molecule has 31 heavy (non-hydrogen) atoms. The van der Waals surface area contributed by atoms with Gasteiger partial charge in [0.2, 0.25) is 0 Å². The van der Waals surface area contributed by atoms with Crippen LogP contribution in [0, 0.1) is 0 Å².